The summed E-state index contributed by atoms with van der Waals surface area (Å²) in [4.78, 5) is 37.2. The normalized spacial score (nSPS) is 15.4. The number of hydrogen-bond acceptors (Lipinski definition) is 7. The van der Waals surface area contributed by atoms with Crippen LogP contribution in [0.3, 0.4) is 0 Å². The van der Waals surface area contributed by atoms with Gasteiger partial charge in [-0.2, -0.15) is 0 Å². The number of ether oxygens (including phenoxy) is 2. The molecule has 1 amide bonds. The number of rotatable bonds is 7. The van der Waals surface area contributed by atoms with Crippen LogP contribution >= 0.6 is 11.8 Å². The van der Waals surface area contributed by atoms with Crippen molar-refractivity contribution in [3.8, 4) is 11.5 Å². The quantitative estimate of drug-likeness (QED) is 0.401. The van der Waals surface area contributed by atoms with Crippen LogP contribution in [-0.4, -0.2) is 58.6 Å². The largest absolute Gasteiger partial charge is 0.454 e. The highest BCUT2D eigenvalue weighted by molar-refractivity contribution is 7.98. The Balaban J connectivity index is 1.14. The number of hydrogen-bond donors (Lipinski definition) is 1. The van der Waals surface area contributed by atoms with Crippen LogP contribution in [0.15, 0.2) is 58.5 Å². The van der Waals surface area contributed by atoms with Gasteiger partial charge in [0.25, 0.3) is 5.56 Å². The smallest absolute Gasteiger partial charge is 0.255 e. The van der Waals surface area contributed by atoms with Crippen molar-refractivity contribution in [3.05, 3.63) is 81.3 Å². The van der Waals surface area contributed by atoms with Crippen molar-refractivity contribution in [1.82, 2.24) is 19.8 Å². The number of fused-ring (bicyclic) bond motifs is 1. The van der Waals surface area contributed by atoms with Crippen LogP contribution in [0.4, 0.5) is 0 Å². The van der Waals surface area contributed by atoms with E-state index in [0.717, 1.165) is 48.0 Å². The first kappa shape index (κ1) is 23.4. The van der Waals surface area contributed by atoms with Gasteiger partial charge in [0, 0.05) is 49.7 Å². The van der Waals surface area contributed by atoms with Crippen LogP contribution < -0.4 is 15.0 Å². The zero-order valence-electron chi connectivity index (χ0n) is 19.7. The summed E-state index contributed by atoms with van der Waals surface area (Å²) in [6, 6.07) is 16.0. The van der Waals surface area contributed by atoms with Crippen LogP contribution in [0, 0.1) is 6.92 Å². The number of nitrogens with one attached hydrogen (secondary N) is 1. The molecule has 2 aliphatic heterocycles. The van der Waals surface area contributed by atoms with Gasteiger partial charge in [0.2, 0.25) is 12.7 Å². The van der Waals surface area contributed by atoms with Crippen LogP contribution in [-0.2, 0) is 23.5 Å². The third-order valence-electron chi connectivity index (χ3n) is 6.32. The van der Waals surface area contributed by atoms with E-state index in [4.69, 9.17) is 9.47 Å². The van der Waals surface area contributed by atoms with Crippen molar-refractivity contribution in [3.63, 3.8) is 0 Å². The lowest BCUT2D eigenvalue weighted by Crippen LogP contribution is -2.49. The van der Waals surface area contributed by atoms with Gasteiger partial charge in [0.05, 0.1) is 6.42 Å². The number of H-pyrrole nitrogens is 1. The second-order valence-electron chi connectivity index (χ2n) is 8.73. The number of aryl methyl sites for hydroxylation is 1. The molecule has 1 saturated heterocycles. The van der Waals surface area contributed by atoms with E-state index in [1.807, 2.05) is 47.4 Å². The molecule has 0 bridgehead atoms. The maximum absolute atomic E-state index is 13.0. The highest BCUT2D eigenvalue weighted by atomic mass is 32.2. The van der Waals surface area contributed by atoms with Gasteiger partial charge in [-0.15, -0.1) is 0 Å². The van der Waals surface area contributed by atoms with Gasteiger partial charge in [-0.1, -0.05) is 48.2 Å². The van der Waals surface area contributed by atoms with E-state index >= 15 is 0 Å². The number of amides is 1. The Labute approximate surface area is 208 Å². The molecule has 1 aromatic heterocycles. The highest BCUT2D eigenvalue weighted by Crippen LogP contribution is 2.32. The lowest BCUT2D eigenvalue weighted by molar-refractivity contribution is -0.132. The molecular formula is C26H28N4O4S. The lowest BCUT2D eigenvalue weighted by atomic mass is 10.1. The molecule has 0 saturated carbocycles. The summed E-state index contributed by atoms with van der Waals surface area (Å²) in [5, 5.41) is 0.574. The predicted octanol–water partition coefficient (Wildman–Crippen LogP) is 2.99. The minimum absolute atomic E-state index is 0.0344. The number of carbonyl (C=O) groups is 1. The fourth-order valence-corrected chi connectivity index (χ4v) is 5.17. The Hall–Kier alpha value is -3.30. The Morgan fingerprint density at radius 2 is 1.80 bits per heavy atom. The monoisotopic (exact) mass is 492 g/mol. The molecule has 0 unspecified atom stereocenters. The molecule has 0 atom stereocenters. The Kier molecular flexibility index (Phi) is 7.06. The SMILES string of the molecule is Cc1nc(SCc2ccccc2)[nH]c(=O)c1CC(=O)N1CCN(Cc2ccc3c(c2)OCO3)CC1. The third kappa shape index (κ3) is 5.68. The van der Waals surface area contributed by atoms with Crippen LogP contribution in [0.1, 0.15) is 22.4 Å². The van der Waals surface area contributed by atoms with Crippen molar-refractivity contribution in [2.24, 2.45) is 0 Å². The molecule has 9 heteroatoms. The van der Waals surface area contributed by atoms with Crippen molar-refractivity contribution in [1.29, 1.82) is 0 Å². The molecule has 8 nitrogen and oxygen atoms in total. The molecule has 182 valence electrons. The summed E-state index contributed by atoms with van der Waals surface area (Å²) in [7, 11) is 0. The van der Waals surface area contributed by atoms with E-state index in [-0.39, 0.29) is 24.7 Å². The first-order valence-corrected chi connectivity index (χ1v) is 12.7. The fraction of sp³-hybridized carbons (Fsp3) is 0.346. The van der Waals surface area contributed by atoms with Gasteiger partial charge < -0.3 is 19.4 Å². The van der Waals surface area contributed by atoms with Gasteiger partial charge in [0.1, 0.15) is 0 Å². The Morgan fingerprint density at radius 1 is 1.03 bits per heavy atom. The van der Waals surface area contributed by atoms with Gasteiger partial charge >= 0.3 is 0 Å². The van der Waals surface area contributed by atoms with Gasteiger partial charge in [0.15, 0.2) is 16.7 Å². The topological polar surface area (TPSA) is 87.8 Å². The summed E-state index contributed by atoms with van der Waals surface area (Å²) in [6.45, 7) is 5.70. The first-order chi connectivity index (χ1) is 17.0. The molecule has 3 aromatic rings. The van der Waals surface area contributed by atoms with E-state index in [0.29, 0.717) is 29.5 Å². The maximum Gasteiger partial charge on any atom is 0.255 e. The van der Waals surface area contributed by atoms with Crippen molar-refractivity contribution < 1.29 is 14.3 Å². The summed E-state index contributed by atoms with van der Waals surface area (Å²) >= 11 is 1.48. The summed E-state index contributed by atoms with van der Waals surface area (Å²) in [5.41, 5.74) is 3.14. The molecular weight excluding hydrogens is 464 g/mol. The van der Waals surface area contributed by atoms with Crippen LogP contribution in [0.5, 0.6) is 11.5 Å². The average molecular weight is 493 g/mol. The number of carbonyl (C=O) groups excluding carboxylic acids is 1. The first-order valence-electron chi connectivity index (χ1n) is 11.7. The maximum atomic E-state index is 13.0. The number of piperazine rings is 1. The number of aromatic amines is 1. The second-order valence-corrected chi connectivity index (χ2v) is 9.69. The Morgan fingerprint density at radius 3 is 2.57 bits per heavy atom. The summed E-state index contributed by atoms with van der Waals surface area (Å²) in [5.74, 6) is 2.26. The molecule has 0 radical (unpaired) electrons. The highest BCUT2D eigenvalue weighted by Gasteiger charge is 2.24. The minimum atomic E-state index is -0.233. The van der Waals surface area contributed by atoms with Gasteiger partial charge in [-0.25, -0.2) is 4.98 Å². The lowest BCUT2D eigenvalue weighted by Gasteiger charge is -2.34. The fourth-order valence-electron chi connectivity index (χ4n) is 4.30. The molecule has 3 heterocycles. The van der Waals surface area contributed by atoms with E-state index in [1.165, 1.54) is 11.8 Å². The molecule has 1 N–H and O–H groups in total. The number of nitrogens with zero attached hydrogens (tertiary/aromatic N) is 3. The molecule has 1 fully saturated rings. The average Bonchev–Trinajstić information content (AvgIpc) is 3.34. The summed E-state index contributed by atoms with van der Waals surface area (Å²) < 4.78 is 10.8. The van der Waals surface area contributed by atoms with E-state index in [1.54, 1.807) is 6.92 Å². The van der Waals surface area contributed by atoms with Crippen molar-refractivity contribution >= 4 is 17.7 Å². The number of aromatic nitrogens is 2. The van der Waals surface area contributed by atoms with Crippen LogP contribution in [0.2, 0.25) is 0 Å². The van der Waals surface area contributed by atoms with E-state index < -0.39 is 0 Å². The second kappa shape index (κ2) is 10.5. The zero-order valence-corrected chi connectivity index (χ0v) is 20.5. The molecule has 0 aliphatic carbocycles. The third-order valence-corrected chi connectivity index (χ3v) is 7.26. The predicted molar refractivity (Wildman–Crippen MR) is 134 cm³/mol. The van der Waals surface area contributed by atoms with Gasteiger partial charge in [-0.05, 0) is 30.2 Å². The van der Waals surface area contributed by atoms with Gasteiger partial charge in [-0.3, -0.25) is 14.5 Å². The minimum Gasteiger partial charge on any atom is -0.454 e. The van der Waals surface area contributed by atoms with E-state index in [9.17, 15) is 9.59 Å². The molecule has 5 rings (SSSR count). The molecule has 2 aromatic carbocycles. The standard InChI is InChI=1S/C26H28N4O4S/c1-18-21(25(32)28-26(27-18)35-16-19-5-3-2-4-6-19)14-24(31)30-11-9-29(10-12-30)15-20-7-8-22-23(13-20)34-17-33-22/h2-8,13H,9-12,14-17H2,1H3,(H,27,28,32). The molecule has 2 aliphatic rings. The molecule has 0 spiro atoms. The van der Waals surface area contributed by atoms with E-state index in [2.05, 4.69) is 20.9 Å². The Bertz CT molecular complexity index is 1260. The van der Waals surface area contributed by atoms with Crippen molar-refractivity contribution in [2.45, 2.75) is 30.8 Å². The van der Waals surface area contributed by atoms with Crippen molar-refractivity contribution in [2.75, 3.05) is 33.0 Å². The number of thioether (sulfide) groups is 1. The summed E-state index contributed by atoms with van der Waals surface area (Å²) in [6.07, 6.45) is 0.0694. The number of benzene rings is 2. The van der Waals surface area contributed by atoms with Crippen LogP contribution in [0.25, 0.3) is 0 Å². The molecule has 35 heavy (non-hydrogen) atoms. The zero-order chi connectivity index (χ0) is 24.2.